The van der Waals surface area contributed by atoms with Crippen LogP contribution >= 0.6 is 0 Å². The number of rotatable bonds is 5. The molecule has 0 saturated heterocycles. The van der Waals surface area contributed by atoms with E-state index in [9.17, 15) is 5.11 Å². The van der Waals surface area contributed by atoms with Crippen molar-refractivity contribution >= 4 is 0 Å². The molecule has 0 aromatic carbocycles. The van der Waals surface area contributed by atoms with Gasteiger partial charge in [-0.15, -0.1) is 0 Å². The Hall–Kier alpha value is -0.0800. The molecule has 0 radical (unpaired) electrons. The fraction of sp³-hybridized carbons (Fsp3) is 1.00. The van der Waals surface area contributed by atoms with Crippen LogP contribution in [-0.2, 0) is 0 Å². The molecular formula is C11H23NO. The van der Waals surface area contributed by atoms with Gasteiger partial charge in [0.05, 0.1) is 0 Å². The van der Waals surface area contributed by atoms with Crippen LogP contribution in [0.15, 0.2) is 0 Å². The van der Waals surface area contributed by atoms with Crippen LogP contribution in [0.3, 0.4) is 0 Å². The summed E-state index contributed by atoms with van der Waals surface area (Å²) >= 11 is 0. The van der Waals surface area contributed by atoms with Crippen LogP contribution in [0.5, 0.6) is 0 Å². The Morgan fingerprint density at radius 3 is 2.38 bits per heavy atom. The number of aliphatic hydroxyl groups is 1. The molecule has 0 amide bonds. The van der Waals surface area contributed by atoms with E-state index in [1.54, 1.807) is 0 Å². The molecule has 0 bridgehead atoms. The van der Waals surface area contributed by atoms with Crippen LogP contribution in [0.2, 0.25) is 0 Å². The summed E-state index contributed by atoms with van der Waals surface area (Å²) in [5.74, 6) is 0.625. The zero-order valence-electron chi connectivity index (χ0n) is 9.38. The van der Waals surface area contributed by atoms with E-state index in [-0.39, 0.29) is 6.23 Å². The van der Waals surface area contributed by atoms with Crippen molar-refractivity contribution in [2.24, 2.45) is 5.92 Å². The quantitative estimate of drug-likeness (QED) is 0.664. The first-order valence-electron chi connectivity index (χ1n) is 5.40. The lowest BCUT2D eigenvalue weighted by molar-refractivity contribution is -0.0248. The molecule has 1 aliphatic carbocycles. The molecule has 0 aromatic rings. The summed E-state index contributed by atoms with van der Waals surface area (Å²) in [7, 11) is 2.04. The van der Waals surface area contributed by atoms with E-state index in [4.69, 9.17) is 0 Å². The van der Waals surface area contributed by atoms with Gasteiger partial charge in [0.25, 0.3) is 0 Å². The Bertz CT molecular complexity index is 165. The van der Waals surface area contributed by atoms with Crippen LogP contribution in [0.4, 0.5) is 0 Å². The summed E-state index contributed by atoms with van der Waals surface area (Å²) in [6.45, 7) is 6.61. The summed E-state index contributed by atoms with van der Waals surface area (Å²) in [5, 5.41) is 9.92. The maximum atomic E-state index is 9.92. The second-order valence-electron chi connectivity index (χ2n) is 4.84. The van der Waals surface area contributed by atoms with E-state index >= 15 is 0 Å². The Morgan fingerprint density at radius 1 is 1.46 bits per heavy atom. The molecule has 1 N–H and O–H groups in total. The fourth-order valence-corrected chi connectivity index (χ4v) is 1.58. The summed E-state index contributed by atoms with van der Waals surface area (Å²) in [6.07, 6.45) is 4.29. The zero-order valence-corrected chi connectivity index (χ0v) is 9.38. The molecule has 1 fully saturated rings. The van der Waals surface area contributed by atoms with Crippen LogP contribution in [0.1, 0.15) is 46.5 Å². The Balaban J connectivity index is 2.34. The van der Waals surface area contributed by atoms with Gasteiger partial charge in [0.2, 0.25) is 0 Å². The highest BCUT2D eigenvalue weighted by Crippen LogP contribution is 2.41. The zero-order chi connectivity index (χ0) is 10.1. The average Bonchev–Trinajstić information content (AvgIpc) is 2.83. The van der Waals surface area contributed by atoms with Gasteiger partial charge >= 0.3 is 0 Å². The summed E-state index contributed by atoms with van der Waals surface area (Å²) in [6, 6.07) is 0. The molecule has 0 aliphatic heterocycles. The predicted octanol–water partition coefficient (Wildman–Crippen LogP) is 2.23. The SMILES string of the molecule is CCC(C)CC(O)N(C)C1(C)CC1. The third-order valence-electron chi connectivity index (χ3n) is 3.58. The predicted molar refractivity (Wildman–Crippen MR) is 55.5 cm³/mol. The van der Waals surface area contributed by atoms with Crippen LogP contribution in [0.25, 0.3) is 0 Å². The minimum absolute atomic E-state index is 0.248. The standard InChI is InChI=1S/C11H23NO/c1-5-9(2)8-10(13)12(4)11(3)6-7-11/h9-10,13H,5-8H2,1-4H3. The van der Waals surface area contributed by atoms with Gasteiger partial charge in [0.15, 0.2) is 0 Å². The van der Waals surface area contributed by atoms with Gasteiger partial charge in [-0.2, -0.15) is 0 Å². The lowest BCUT2D eigenvalue weighted by atomic mass is 10.0. The molecule has 0 aromatic heterocycles. The average molecular weight is 185 g/mol. The largest absolute Gasteiger partial charge is 0.378 e. The minimum Gasteiger partial charge on any atom is -0.378 e. The van der Waals surface area contributed by atoms with Gasteiger partial charge < -0.3 is 5.11 Å². The van der Waals surface area contributed by atoms with Crippen molar-refractivity contribution in [3.8, 4) is 0 Å². The number of aliphatic hydroxyl groups excluding tert-OH is 1. The van der Waals surface area contributed by atoms with Crippen molar-refractivity contribution in [2.75, 3.05) is 7.05 Å². The summed E-state index contributed by atoms with van der Waals surface area (Å²) < 4.78 is 0. The van der Waals surface area contributed by atoms with Crippen molar-refractivity contribution in [1.29, 1.82) is 0 Å². The van der Waals surface area contributed by atoms with Gasteiger partial charge in [0, 0.05) is 5.54 Å². The molecule has 2 atom stereocenters. The minimum atomic E-state index is -0.248. The van der Waals surface area contributed by atoms with Crippen LogP contribution in [-0.4, -0.2) is 28.8 Å². The second-order valence-corrected chi connectivity index (χ2v) is 4.84. The highest BCUT2D eigenvalue weighted by molar-refractivity contribution is 4.99. The monoisotopic (exact) mass is 185 g/mol. The Labute approximate surface area is 81.9 Å². The van der Waals surface area contributed by atoms with E-state index in [1.165, 1.54) is 12.8 Å². The number of hydrogen-bond acceptors (Lipinski definition) is 2. The van der Waals surface area contributed by atoms with Gasteiger partial charge in [-0.3, -0.25) is 4.90 Å². The molecule has 1 rings (SSSR count). The van der Waals surface area contributed by atoms with Crippen molar-refractivity contribution in [3.63, 3.8) is 0 Å². The summed E-state index contributed by atoms with van der Waals surface area (Å²) in [5.41, 5.74) is 0.298. The topological polar surface area (TPSA) is 23.5 Å². The molecule has 1 aliphatic rings. The normalized spacial score (nSPS) is 24.5. The van der Waals surface area contributed by atoms with Gasteiger partial charge in [0.1, 0.15) is 6.23 Å². The van der Waals surface area contributed by atoms with E-state index in [1.807, 2.05) is 7.05 Å². The molecule has 0 heterocycles. The molecule has 13 heavy (non-hydrogen) atoms. The second kappa shape index (κ2) is 3.97. The Morgan fingerprint density at radius 2 is 2.00 bits per heavy atom. The lowest BCUT2D eigenvalue weighted by Gasteiger charge is -2.31. The number of hydrogen-bond donors (Lipinski definition) is 1. The van der Waals surface area contributed by atoms with Crippen molar-refractivity contribution in [3.05, 3.63) is 0 Å². The third-order valence-corrected chi connectivity index (χ3v) is 3.58. The molecule has 1 saturated carbocycles. The van der Waals surface area contributed by atoms with E-state index < -0.39 is 0 Å². The smallest absolute Gasteiger partial charge is 0.107 e. The molecule has 78 valence electrons. The number of nitrogens with zero attached hydrogens (tertiary/aromatic N) is 1. The van der Waals surface area contributed by atoms with Crippen molar-refractivity contribution in [2.45, 2.75) is 58.2 Å². The summed E-state index contributed by atoms with van der Waals surface area (Å²) in [4.78, 5) is 2.14. The molecule has 2 heteroatoms. The van der Waals surface area contributed by atoms with Crippen molar-refractivity contribution < 1.29 is 5.11 Å². The molecule has 0 spiro atoms. The lowest BCUT2D eigenvalue weighted by Crippen LogP contribution is -2.40. The molecular weight excluding hydrogens is 162 g/mol. The van der Waals surface area contributed by atoms with Crippen molar-refractivity contribution in [1.82, 2.24) is 4.90 Å². The fourth-order valence-electron chi connectivity index (χ4n) is 1.58. The van der Waals surface area contributed by atoms with Crippen LogP contribution < -0.4 is 0 Å². The van der Waals surface area contributed by atoms with E-state index in [0.717, 1.165) is 12.8 Å². The maximum absolute atomic E-state index is 9.92. The van der Waals surface area contributed by atoms with Gasteiger partial charge in [-0.25, -0.2) is 0 Å². The van der Waals surface area contributed by atoms with Crippen LogP contribution in [0, 0.1) is 5.92 Å². The highest BCUT2D eigenvalue weighted by atomic mass is 16.3. The van der Waals surface area contributed by atoms with Gasteiger partial charge in [-0.05, 0) is 39.2 Å². The maximum Gasteiger partial charge on any atom is 0.107 e. The molecule has 2 nitrogen and oxygen atoms in total. The van der Waals surface area contributed by atoms with Gasteiger partial charge in [-0.1, -0.05) is 20.3 Å². The first-order chi connectivity index (χ1) is 5.99. The van der Waals surface area contributed by atoms with E-state index in [2.05, 4.69) is 25.7 Å². The first kappa shape index (κ1) is 11.0. The highest BCUT2D eigenvalue weighted by Gasteiger charge is 2.43. The third kappa shape index (κ3) is 2.68. The first-order valence-corrected chi connectivity index (χ1v) is 5.40. The van der Waals surface area contributed by atoms with E-state index in [0.29, 0.717) is 11.5 Å². The molecule has 2 unspecified atom stereocenters. The Kier molecular flexibility index (Phi) is 3.36.